The number of aromatic nitrogens is 2. The molecule has 1 amide bonds. The lowest BCUT2D eigenvalue weighted by molar-refractivity contribution is -0.116. The molecule has 0 saturated heterocycles. The third kappa shape index (κ3) is 3.82. The zero-order valence-electron chi connectivity index (χ0n) is 14.7. The number of amides is 1. The molecule has 2 heterocycles. The van der Waals surface area contributed by atoms with Crippen molar-refractivity contribution < 1.29 is 9.21 Å². The number of nitrogens with zero attached hydrogens (tertiary/aromatic N) is 2. The van der Waals surface area contributed by atoms with Gasteiger partial charge in [-0.05, 0) is 23.3 Å². The molecule has 5 nitrogen and oxygen atoms in total. The molecule has 0 atom stereocenters. The Morgan fingerprint density at radius 1 is 0.926 bits per heavy atom. The Kier molecular flexibility index (Phi) is 4.83. The molecule has 0 unspecified atom stereocenters. The summed E-state index contributed by atoms with van der Waals surface area (Å²) in [5.41, 5.74) is 1.89. The van der Waals surface area contributed by atoms with Gasteiger partial charge in [0.05, 0.1) is 18.4 Å². The number of carbonyl (C=O) groups excluding carboxylic acids is 1. The van der Waals surface area contributed by atoms with Gasteiger partial charge in [0.25, 0.3) is 0 Å². The van der Waals surface area contributed by atoms with Gasteiger partial charge in [0.2, 0.25) is 5.91 Å². The Morgan fingerprint density at radius 2 is 1.59 bits per heavy atom. The predicted octanol–water partition coefficient (Wildman–Crippen LogP) is 4.30. The minimum Gasteiger partial charge on any atom is -0.467 e. The van der Waals surface area contributed by atoms with Crippen molar-refractivity contribution in [2.75, 3.05) is 5.32 Å². The van der Waals surface area contributed by atoms with Crippen molar-refractivity contribution in [3.8, 4) is 0 Å². The van der Waals surface area contributed by atoms with Crippen molar-refractivity contribution in [3.63, 3.8) is 0 Å². The standard InChI is InChI=1S/C22H19N3O2/c26-22(24-20-13-14-23-25(20)16-19-12-7-15-27-19)21(17-8-3-1-4-9-17)18-10-5-2-6-11-18/h1-15,21H,16H2,(H,24,26). The molecule has 134 valence electrons. The summed E-state index contributed by atoms with van der Waals surface area (Å²) in [7, 11) is 0. The molecule has 0 aliphatic rings. The van der Waals surface area contributed by atoms with Gasteiger partial charge in [0.1, 0.15) is 18.1 Å². The van der Waals surface area contributed by atoms with Crippen LogP contribution < -0.4 is 5.32 Å². The Balaban J connectivity index is 1.61. The number of hydrogen-bond donors (Lipinski definition) is 1. The van der Waals surface area contributed by atoms with Gasteiger partial charge in [-0.1, -0.05) is 60.7 Å². The number of anilines is 1. The Morgan fingerprint density at radius 3 is 2.19 bits per heavy atom. The van der Waals surface area contributed by atoms with Crippen LogP contribution >= 0.6 is 0 Å². The van der Waals surface area contributed by atoms with E-state index < -0.39 is 5.92 Å². The zero-order valence-corrected chi connectivity index (χ0v) is 14.7. The zero-order chi connectivity index (χ0) is 18.5. The van der Waals surface area contributed by atoms with E-state index in [9.17, 15) is 4.79 Å². The summed E-state index contributed by atoms with van der Waals surface area (Å²) in [6.45, 7) is 0.455. The highest BCUT2D eigenvalue weighted by molar-refractivity contribution is 5.97. The minimum absolute atomic E-state index is 0.103. The molecule has 4 aromatic rings. The predicted molar refractivity (Wildman–Crippen MR) is 103 cm³/mol. The number of carbonyl (C=O) groups is 1. The first-order chi connectivity index (χ1) is 13.3. The van der Waals surface area contributed by atoms with Crippen molar-refractivity contribution in [1.29, 1.82) is 0 Å². The highest BCUT2D eigenvalue weighted by Crippen LogP contribution is 2.26. The summed E-state index contributed by atoms with van der Waals surface area (Å²) >= 11 is 0. The van der Waals surface area contributed by atoms with E-state index in [-0.39, 0.29) is 5.91 Å². The molecule has 2 aromatic heterocycles. The maximum Gasteiger partial charge on any atom is 0.237 e. The van der Waals surface area contributed by atoms with Gasteiger partial charge in [-0.15, -0.1) is 0 Å². The summed E-state index contributed by atoms with van der Waals surface area (Å²) in [5, 5.41) is 7.31. The fourth-order valence-electron chi connectivity index (χ4n) is 3.10. The van der Waals surface area contributed by atoms with Crippen LogP contribution in [-0.4, -0.2) is 15.7 Å². The van der Waals surface area contributed by atoms with Crippen LogP contribution in [0.25, 0.3) is 0 Å². The van der Waals surface area contributed by atoms with E-state index in [1.165, 1.54) is 0 Å². The van der Waals surface area contributed by atoms with E-state index in [2.05, 4.69) is 10.4 Å². The molecule has 2 aromatic carbocycles. The normalized spacial score (nSPS) is 10.9. The van der Waals surface area contributed by atoms with Gasteiger partial charge < -0.3 is 9.73 Å². The third-order valence-electron chi connectivity index (χ3n) is 4.38. The van der Waals surface area contributed by atoms with Crippen LogP contribution in [0.4, 0.5) is 5.82 Å². The largest absolute Gasteiger partial charge is 0.467 e. The summed E-state index contributed by atoms with van der Waals surface area (Å²) in [4.78, 5) is 13.2. The molecule has 4 rings (SSSR count). The Bertz CT molecular complexity index is 953. The van der Waals surface area contributed by atoms with Gasteiger partial charge in [-0.3, -0.25) is 4.79 Å². The highest BCUT2D eigenvalue weighted by Gasteiger charge is 2.23. The lowest BCUT2D eigenvalue weighted by atomic mass is 9.90. The van der Waals surface area contributed by atoms with Gasteiger partial charge in [-0.2, -0.15) is 5.10 Å². The number of benzene rings is 2. The first-order valence-electron chi connectivity index (χ1n) is 8.76. The number of hydrogen-bond acceptors (Lipinski definition) is 3. The third-order valence-corrected chi connectivity index (χ3v) is 4.38. The van der Waals surface area contributed by atoms with Crippen molar-refractivity contribution >= 4 is 11.7 Å². The fourth-order valence-corrected chi connectivity index (χ4v) is 3.10. The molecule has 0 aliphatic carbocycles. The maximum absolute atomic E-state index is 13.2. The Labute approximate surface area is 157 Å². The summed E-state index contributed by atoms with van der Waals surface area (Å²) in [5.74, 6) is 0.901. The first kappa shape index (κ1) is 16.8. The number of rotatable bonds is 6. The van der Waals surface area contributed by atoms with Crippen LogP contribution in [0.5, 0.6) is 0 Å². The molecule has 1 N–H and O–H groups in total. The van der Waals surface area contributed by atoms with E-state index in [4.69, 9.17) is 4.42 Å². The topological polar surface area (TPSA) is 60.1 Å². The quantitative estimate of drug-likeness (QED) is 0.560. The lowest BCUT2D eigenvalue weighted by Crippen LogP contribution is -2.24. The molecule has 0 bridgehead atoms. The van der Waals surface area contributed by atoms with Crippen LogP contribution in [0, 0.1) is 0 Å². The van der Waals surface area contributed by atoms with Crippen LogP contribution in [-0.2, 0) is 11.3 Å². The smallest absolute Gasteiger partial charge is 0.237 e. The first-order valence-corrected chi connectivity index (χ1v) is 8.76. The van der Waals surface area contributed by atoms with Crippen LogP contribution in [0.3, 0.4) is 0 Å². The fraction of sp³-hybridized carbons (Fsp3) is 0.0909. The number of furan rings is 1. The second-order valence-corrected chi connectivity index (χ2v) is 6.20. The average Bonchev–Trinajstić information content (AvgIpc) is 3.37. The van der Waals surface area contributed by atoms with Crippen LogP contribution in [0.2, 0.25) is 0 Å². The van der Waals surface area contributed by atoms with Crippen molar-refractivity contribution in [2.45, 2.75) is 12.5 Å². The van der Waals surface area contributed by atoms with E-state index in [1.54, 1.807) is 23.2 Å². The molecule has 0 saturated carbocycles. The molecular weight excluding hydrogens is 338 g/mol. The van der Waals surface area contributed by atoms with E-state index in [1.807, 2.05) is 72.8 Å². The SMILES string of the molecule is O=C(Nc1ccnn1Cc1ccco1)C(c1ccccc1)c1ccccc1. The van der Waals surface area contributed by atoms with Crippen molar-refractivity contribution in [2.24, 2.45) is 0 Å². The lowest BCUT2D eigenvalue weighted by Gasteiger charge is -2.18. The molecule has 0 fully saturated rings. The van der Waals surface area contributed by atoms with E-state index in [0.29, 0.717) is 12.4 Å². The maximum atomic E-state index is 13.2. The minimum atomic E-state index is -0.403. The van der Waals surface area contributed by atoms with Crippen LogP contribution in [0.15, 0.2) is 95.7 Å². The summed E-state index contributed by atoms with van der Waals surface area (Å²) in [6.07, 6.45) is 3.29. The van der Waals surface area contributed by atoms with Gasteiger partial charge >= 0.3 is 0 Å². The van der Waals surface area contributed by atoms with Crippen molar-refractivity contribution in [3.05, 3.63) is 108 Å². The van der Waals surface area contributed by atoms with Gasteiger partial charge in [-0.25, -0.2) is 4.68 Å². The molecule has 0 spiro atoms. The van der Waals surface area contributed by atoms with E-state index >= 15 is 0 Å². The van der Waals surface area contributed by atoms with E-state index in [0.717, 1.165) is 16.9 Å². The second kappa shape index (κ2) is 7.74. The van der Waals surface area contributed by atoms with Crippen LogP contribution in [0.1, 0.15) is 22.8 Å². The molecule has 27 heavy (non-hydrogen) atoms. The highest BCUT2D eigenvalue weighted by atomic mass is 16.3. The monoisotopic (exact) mass is 357 g/mol. The Hall–Kier alpha value is -3.60. The molecule has 5 heteroatoms. The molecule has 0 aliphatic heterocycles. The number of nitrogens with one attached hydrogen (secondary N) is 1. The molecular formula is C22H19N3O2. The van der Waals surface area contributed by atoms with Gasteiger partial charge in [0, 0.05) is 6.07 Å². The summed E-state index contributed by atoms with van der Waals surface area (Å²) < 4.78 is 7.09. The average molecular weight is 357 g/mol. The summed E-state index contributed by atoms with van der Waals surface area (Å²) in [6, 6.07) is 25.0. The second-order valence-electron chi connectivity index (χ2n) is 6.20. The molecule has 0 radical (unpaired) electrons. The van der Waals surface area contributed by atoms with Crippen molar-refractivity contribution in [1.82, 2.24) is 9.78 Å². The van der Waals surface area contributed by atoms with Gasteiger partial charge in [0.15, 0.2) is 0 Å².